The average molecular weight is 474 g/mol. The fraction of sp³-hybridized carbons (Fsp3) is 0.0769. The minimum Gasteiger partial charge on any atom is -0.507 e. The SMILES string of the molecule is Cc1ccc(C(=O)Cn2cc(/C=C/C(=O)c3ccc(Br)cc3O)c3ccccc32)cc1. The lowest BCUT2D eigenvalue weighted by Crippen LogP contribution is -2.09. The number of ketones is 2. The zero-order chi connectivity index (χ0) is 22.0. The van der Waals surface area contributed by atoms with Gasteiger partial charge >= 0.3 is 0 Å². The van der Waals surface area contributed by atoms with Gasteiger partial charge in [-0.1, -0.05) is 64.0 Å². The van der Waals surface area contributed by atoms with Gasteiger partial charge < -0.3 is 9.67 Å². The van der Waals surface area contributed by atoms with Crippen molar-refractivity contribution in [2.75, 3.05) is 0 Å². The van der Waals surface area contributed by atoms with Crippen molar-refractivity contribution in [2.45, 2.75) is 13.5 Å². The maximum atomic E-state index is 12.8. The number of hydrogen-bond acceptors (Lipinski definition) is 3. The number of carbonyl (C=O) groups excluding carboxylic acids is 2. The van der Waals surface area contributed by atoms with Crippen LogP contribution in [0.15, 0.2) is 83.5 Å². The topological polar surface area (TPSA) is 59.3 Å². The highest BCUT2D eigenvalue weighted by Gasteiger charge is 2.13. The number of carbonyl (C=O) groups is 2. The predicted molar refractivity (Wildman–Crippen MR) is 127 cm³/mol. The van der Waals surface area contributed by atoms with Crippen molar-refractivity contribution in [1.29, 1.82) is 0 Å². The van der Waals surface area contributed by atoms with Crippen LogP contribution in [-0.2, 0) is 6.54 Å². The molecule has 0 aliphatic rings. The van der Waals surface area contributed by atoms with Gasteiger partial charge in [-0.3, -0.25) is 9.59 Å². The van der Waals surface area contributed by atoms with E-state index in [1.165, 1.54) is 12.1 Å². The number of phenolic OH excluding ortho intramolecular Hbond substituents is 1. The summed E-state index contributed by atoms with van der Waals surface area (Å²) in [7, 11) is 0. The predicted octanol–water partition coefficient (Wildman–Crippen LogP) is 6.20. The van der Waals surface area contributed by atoms with Crippen molar-refractivity contribution in [3.63, 3.8) is 0 Å². The van der Waals surface area contributed by atoms with Crippen molar-refractivity contribution in [1.82, 2.24) is 4.57 Å². The van der Waals surface area contributed by atoms with Crippen LogP contribution in [0.5, 0.6) is 5.75 Å². The number of phenols is 1. The molecule has 0 bridgehead atoms. The van der Waals surface area contributed by atoms with Gasteiger partial charge in [0.1, 0.15) is 5.75 Å². The Morgan fingerprint density at radius 3 is 2.52 bits per heavy atom. The smallest absolute Gasteiger partial charge is 0.189 e. The minimum atomic E-state index is -0.294. The molecule has 154 valence electrons. The third-order valence-corrected chi connectivity index (χ3v) is 5.64. The van der Waals surface area contributed by atoms with Crippen molar-refractivity contribution in [3.05, 3.63) is 106 Å². The quantitative estimate of drug-likeness (QED) is 0.268. The Balaban J connectivity index is 1.63. The number of para-hydroxylation sites is 1. The van der Waals surface area contributed by atoms with E-state index >= 15 is 0 Å². The summed E-state index contributed by atoms with van der Waals surface area (Å²) in [5.74, 6) is -0.347. The van der Waals surface area contributed by atoms with Crippen LogP contribution in [0.4, 0.5) is 0 Å². The Kier molecular flexibility index (Phi) is 5.87. The Bertz CT molecular complexity index is 1320. The molecule has 0 aliphatic heterocycles. The van der Waals surface area contributed by atoms with Gasteiger partial charge in [-0.2, -0.15) is 0 Å². The average Bonchev–Trinajstić information content (AvgIpc) is 3.10. The van der Waals surface area contributed by atoms with Gasteiger partial charge in [-0.25, -0.2) is 0 Å². The highest BCUT2D eigenvalue weighted by molar-refractivity contribution is 9.10. The Labute approximate surface area is 188 Å². The molecule has 5 heteroatoms. The van der Waals surface area contributed by atoms with Crippen LogP contribution in [0.1, 0.15) is 31.8 Å². The molecule has 0 unspecified atom stereocenters. The summed E-state index contributed by atoms with van der Waals surface area (Å²) in [5, 5.41) is 11.0. The number of fused-ring (bicyclic) bond motifs is 1. The van der Waals surface area contributed by atoms with Crippen LogP contribution >= 0.6 is 15.9 Å². The lowest BCUT2D eigenvalue weighted by atomic mass is 10.1. The van der Waals surface area contributed by atoms with Crippen molar-refractivity contribution in [2.24, 2.45) is 0 Å². The lowest BCUT2D eigenvalue weighted by Gasteiger charge is -2.05. The molecule has 4 aromatic rings. The summed E-state index contributed by atoms with van der Waals surface area (Å²) in [5.41, 5.74) is 3.76. The van der Waals surface area contributed by atoms with E-state index in [9.17, 15) is 14.7 Å². The summed E-state index contributed by atoms with van der Waals surface area (Å²) < 4.78 is 2.60. The molecule has 3 aromatic carbocycles. The molecule has 0 spiro atoms. The van der Waals surface area contributed by atoms with Gasteiger partial charge in [-0.15, -0.1) is 0 Å². The fourth-order valence-corrected chi connectivity index (χ4v) is 3.84. The van der Waals surface area contributed by atoms with E-state index in [0.717, 1.165) is 22.0 Å². The largest absolute Gasteiger partial charge is 0.507 e. The molecule has 0 amide bonds. The van der Waals surface area contributed by atoms with Gasteiger partial charge in [0.05, 0.1) is 12.1 Å². The van der Waals surface area contributed by atoms with Crippen LogP contribution in [0.3, 0.4) is 0 Å². The summed E-state index contributed by atoms with van der Waals surface area (Å²) in [4.78, 5) is 25.3. The monoisotopic (exact) mass is 473 g/mol. The normalized spacial score (nSPS) is 11.3. The zero-order valence-electron chi connectivity index (χ0n) is 16.9. The number of aromatic hydroxyl groups is 1. The first-order valence-corrected chi connectivity index (χ1v) is 10.6. The Morgan fingerprint density at radius 1 is 1.03 bits per heavy atom. The number of Topliss-reactive ketones (excluding diaryl/α,β-unsaturated/α-hetero) is 1. The van der Waals surface area contributed by atoms with Gasteiger partial charge in [0.25, 0.3) is 0 Å². The number of aryl methyl sites for hydroxylation is 1. The molecule has 0 saturated heterocycles. The van der Waals surface area contributed by atoms with E-state index in [1.807, 2.05) is 66.2 Å². The molecule has 4 nitrogen and oxygen atoms in total. The summed E-state index contributed by atoms with van der Waals surface area (Å²) >= 11 is 3.27. The number of hydrogen-bond donors (Lipinski definition) is 1. The van der Waals surface area contributed by atoms with Crippen LogP contribution in [-0.4, -0.2) is 21.2 Å². The Morgan fingerprint density at radius 2 is 1.77 bits per heavy atom. The maximum Gasteiger partial charge on any atom is 0.189 e. The number of allylic oxidation sites excluding steroid dienone is 1. The first-order chi connectivity index (χ1) is 14.9. The number of halogens is 1. The Hall–Kier alpha value is -3.44. The summed E-state index contributed by atoms with van der Waals surface area (Å²) in [6.07, 6.45) is 5.04. The molecule has 1 aromatic heterocycles. The second-order valence-corrected chi connectivity index (χ2v) is 8.29. The standard InChI is InChI=1S/C26H20BrNO3/c1-17-6-8-18(9-7-17)26(31)16-28-15-19(21-4-2-3-5-23(21)28)10-13-24(29)22-12-11-20(27)14-25(22)30/h2-15,30H,16H2,1H3/b13-10+. The van der Waals surface area contributed by atoms with Gasteiger partial charge in [0.2, 0.25) is 0 Å². The maximum absolute atomic E-state index is 12.8. The summed E-state index contributed by atoms with van der Waals surface area (Å²) in [6, 6.07) is 20.1. The number of aromatic nitrogens is 1. The molecule has 31 heavy (non-hydrogen) atoms. The van der Waals surface area contributed by atoms with Crippen molar-refractivity contribution >= 4 is 44.5 Å². The fourth-order valence-electron chi connectivity index (χ4n) is 3.49. The van der Waals surface area contributed by atoms with Crippen molar-refractivity contribution < 1.29 is 14.7 Å². The van der Waals surface area contributed by atoms with Crippen molar-refractivity contribution in [3.8, 4) is 5.75 Å². The van der Waals surface area contributed by atoms with Crippen LogP contribution in [0.25, 0.3) is 17.0 Å². The summed E-state index contributed by atoms with van der Waals surface area (Å²) in [6.45, 7) is 2.19. The number of nitrogens with zero attached hydrogens (tertiary/aromatic N) is 1. The molecular weight excluding hydrogens is 454 g/mol. The molecule has 0 radical (unpaired) electrons. The molecule has 1 N–H and O–H groups in total. The van der Waals surface area contributed by atoms with E-state index in [0.29, 0.717) is 10.0 Å². The zero-order valence-corrected chi connectivity index (χ0v) is 18.5. The van der Waals surface area contributed by atoms with Gasteiger partial charge in [0.15, 0.2) is 11.6 Å². The third kappa shape index (κ3) is 4.52. The number of benzene rings is 3. The van der Waals surface area contributed by atoms with E-state index < -0.39 is 0 Å². The van der Waals surface area contributed by atoms with Crippen LogP contribution < -0.4 is 0 Å². The van der Waals surface area contributed by atoms with E-state index in [1.54, 1.807) is 18.2 Å². The molecular formula is C26H20BrNO3. The number of rotatable bonds is 6. The van der Waals surface area contributed by atoms with E-state index in [-0.39, 0.29) is 29.4 Å². The first kappa shape index (κ1) is 20.8. The van der Waals surface area contributed by atoms with Gasteiger partial charge in [0, 0.05) is 32.7 Å². The van der Waals surface area contributed by atoms with Gasteiger partial charge in [-0.05, 0) is 43.3 Å². The second-order valence-electron chi connectivity index (χ2n) is 7.38. The highest BCUT2D eigenvalue weighted by atomic mass is 79.9. The molecule has 0 fully saturated rings. The minimum absolute atomic E-state index is 0.0205. The first-order valence-electron chi connectivity index (χ1n) is 9.81. The van der Waals surface area contributed by atoms with Crippen LogP contribution in [0, 0.1) is 6.92 Å². The molecule has 0 atom stereocenters. The van der Waals surface area contributed by atoms with E-state index in [2.05, 4.69) is 15.9 Å². The van der Waals surface area contributed by atoms with Crippen LogP contribution in [0.2, 0.25) is 0 Å². The lowest BCUT2D eigenvalue weighted by molar-refractivity contribution is 0.0972. The molecule has 1 heterocycles. The third-order valence-electron chi connectivity index (χ3n) is 5.15. The highest BCUT2D eigenvalue weighted by Crippen LogP contribution is 2.25. The molecule has 0 aliphatic carbocycles. The van der Waals surface area contributed by atoms with E-state index in [4.69, 9.17) is 0 Å². The molecule has 0 saturated carbocycles. The second kappa shape index (κ2) is 8.74. The molecule has 4 rings (SSSR count).